The van der Waals surface area contributed by atoms with E-state index in [2.05, 4.69) is 52.9 Å². The largest absolute Gasteiger partial charge is 0.414 e. The predicted octanol–water partition coefficient (Wildman–Crippen LogP) is 5.54. The molecule has 0 saturated heterocycles. The summed E-state index contributed by atoms with van der Waals surface area (Å²) in [4.78, 5) is 11.9. The molecule has 0 aliphatic rings. The zero-order valence-electron chi connectivity index (χ0n) is 15.6. The maximum absolute atomic E-state index is 11.9. The second-order valence-electron chi connectivity index (χ2n) is 7.78. The van der Waals surface area contributed by atoms with E-state index in [1.54, 1.807) is 6.08 Å². The van der Waals surface area contributed by atoms with Crippen LogP contribution in [0.15, 0.2) is 42.5 Å². The first-order valence-electron chi connectivity index (χ1n) is 8.53. The van der Waals surface area contributed by atoms with Gasteiger partial charge in [-0.25, -0.2) is 0 Å². The first-order chi connectivity index (χ1) is 10.6. The van der Waals surface area contributed by atoms with Crippen molar-refractivity contribution < 1.29 is 9.22 Å². The van der Waals surface area contributed by atoms with Crippen molar-refractivity contribution in [1.29, 1.82) is 0 Å². The summed E-state index contributed by atoms with van der Waals surface area (Å²) in [5.74, 6) is 0.188. The molecule has 23 heavy (non-hydrogen) atoms. The Kier molecular flexibility index (Phi) is 7.42. The Balaban J connectivity index is 2.36. The van der Waals surface area contributed by atoms with Crippen molar-refractivity contribution in [2.75, 3.05) is 0 Å². The van der Waals surface area contributed by atoms with Crippen LogP contribution in [0.25, 0.3) is 0 Å². The van der Waals surface area contributed by atoms with Gasteiger partial charge in [0, 0.05) is 12.5 Å². The average molecular weight is 333 g/mol. The molecule has 1 atom stereocenters. The Bertz CT molecular complexity index is 512. The first kappa shape index (κ1) is 19.9. The first-order valence-corrected chi connectivity index (χ1v) is 11.4. The number of rotatable bonds is 8. The summed E-state index contributed by atoms with van der Waals surface area (Å²) in [6.07, 6.45) is 6.01. The molecule has 1 aromatic carbocycles. The number of allylic oxidation sites excluding steroid dienone is 1. The molecule has 0 amide bonds. The Morgan fingerprint density at radius 1 is 1.22 bits per heavy atom. The molecule has 0 radical (unpaired) electrons. The molecule has 0 aromatic heterocycles. The third kappa shape index (κ3) is 7.27. The van der Waals surface area contributed by atoms with Gasteiger partial charge in [0.1, 0.15) is 0 Å². The lowest BCUT2D eigenvalue weighted by molar-refractivity contribution is -0.114. The van der Waals surface area contributed by atoms with Crippen molar-refractivity contribution in [1.82, 2.24) is 0 Å². The second kappa shape index (κ2) is 8.60. The Hall–Kier alpha value is -1.19. The molecule has 0 N–H and O–H groups in total. The van der Waals surface area contributed by atoms with Crippen LogP contribution in [0.3, 0.4) is 0 Å². The van der Waals surface area contributed by atoms with Crippen molar-refractivity contribution in [3.63, 3.8) is 0 Å². The molecule has 0 saturated carbocycles. The van der Waals surface area contributed by atoms with E-state index >= 15 is 0 Å². The van der Waals surface area contributed by atoms with Gasteiger partial charge in [0.15, 0.2) is 14.1 Å². The van der Waals surface area contributed by atoms with Gasteiger partial charge < -0.3 is 4.43 Å². The van der Waals surface area contributed by atoms with Gasteiger partial charge in [-0.1, -0.05) is 57.2 Å². The molecule has 0 bridgehead atoms. The number of benzene rings is 1. The molecule has 3 heteroatoms. The van der Waals surface area contributed by atoms with Crippen LogP contribution in [0.2, 0.25) is 18.1 Å². The molecule has 0 unspecified atom stereocenters. The summed E-state index contributed by atoms with van der Waals surface area (Å²) in [6, 6.07) is 10.1. The summed E-state index contributed by atoms with van der Waals surface area (Å²) >= 11 is 0. The van der Waals surface area contributed by atoms with Crippen LogP contribution in [0, 0.1) is 0 Å². The van der Waals surface area contributed by atoms with E-state index in [0.29, 0.717) is 6.42 Å². The van der Waals surface area contributed by atoms with Gasteiger partial charge in [0.2, 0.25) is 0 Å². The zero-order valence-corrected chi connectivity index (χ0v) is 16.6. The maximum Gasteiger partial charge on any atom is 0.192 e. The molecule has 0 aliphatic carbocycles. The van der Waals surface area contributed by atoms with Crippen LogP contribution in [0.4, 0.5) is 0 Å². The van der Waals surface area contributed by atoms with Crippen LogP contribution < -0.4 is 0 Å². The van der Waals surface area contributed by atoms with Crippen molar-refractivity contribution in [3.8, 4) is 0 Å². The molecular formula is C20H32O2Si. The van der Waals surface area contributed by atoms with Gasteiger partial charge >= 0.3 is 0 Å². The van der Waals surface area contributed by atoms with Crippen molar-refractivity contribution in [3.05, 3.63) is 48.0 Å². The standard InChI is InChI=1S/C20H32O2Si/c1-17(22-23(5,6)20(2,3)4)11-10-14-19(21)16-15-18-12-8-7-9-13-18/h7-10,12-14,17H,11,15-16H2,1-6H3/b14-10+/t17-/m0/s1. The number of carbonyl (C=O) groups is 1. The van der Waals surface area contributed by atoms with Crippen LogP contribution in [0.1, 0.15) is 46.1 Å². The lowest BCUT2D eigenvalue weighted by Gasteiger charge is -2.38. The molecule has 0 aliphatic heterocycles. The fraction of sp³-hybridized carbons (Fsp3) is 0.550. The molecule has 0 heterocycles. The van der Waals surface area contributed by atoms with Gasteiger partial charge in [0.25, 0.3) is 0 Å². The summed E-state index contributed by atoms with van der Waals surface area (Å²) in [7, 11) is -1.72. The van der Waals surface area contributed by atoms with Gasteiger partial charge in [-0.05, 0) is 49.5 Å². The molecule has 2 nitrogen and oxygen atoms in total. The van der Waals surface area contributed by atoms with Gasteiger partial charge in [-0.2, -0.15) is 0 Å². The highest BCUT2D eigenvalue weighted by Crippen LogP contribution is 2.37. The van der Waals surface area contributed by atoms with Crippen LogP contribution in [0.5, 0.6) is 0 Å². The van der Waals surface area contributed by atoms with E-state index < -0.39 is 8.32 Å². The minimum Gasteiger partial charge on any atom is -0.414 e. The highest BCUT2D eigenvalue weighted by Gasteiger charge is 2.38. The fourth-order valence-corrected chi connectivity index (χ4v) is 3.57. The molecule has 1 rings (SSSR count). The van der Waals surface area contributed by atoms with E-state index in [1.165, 1.54) is 5.56 Å². The summed E-state index contributed by atoms with van der Waals surface area (Å²) in [6.45, 7) is 13.4. The molecule has 0 fully saturated rings. The monoisotopic (exact) mass is 332 g/mol. The van der Waals surface area contributed by atoms with Gasteiger partial charge in [-0.3, -0.25) is 4.79 Å². The Labute approximate surface area is 143 Å². The molecular weight excluding hydrogens is 300 g/mol. The van der Waals surface area contributed by atoms with Crippen LogP contribution in [-0.4, -0.2) is 20.2 Å². The highest BCUT2D eigenvalue weighted by molar-refractivity contribution is 6.74. The highest BCUT2D eigenvalue weighted by atomic mass is 28.4. The molecule has 1 aromatic rings. The topological polar surface area (TPSA) is 26.3 Å². The number of hydrogen-bond donors (Lipinski definition) is 0. The summed E-state index contributed by atoms with van der Waals surface area (Å²) in [5, 5.41) is 0.219. The molecule has 0 spiro atoms. The number of hydrogen-bond acceptors (Lipinski definition) is 2. The number of carbonyl (C=O) groups excluding carboxylic acids is 1. The van der Waals surface area contributed by atoms with Gasteiger partial charge in [0.05, 0.1) is 0 Å². The number of aryl methyl sites for hydroxylation is 1. The molecule has 128 valence electrons. The van der Waals surface area contributed by atoms with Crippen molar-refractivity contribution in [2.45, 2.75) is 71.2 Å². The van der Waals surface area contributed by atoms with E-state index in [4.69, 9.17) is 4.43 Å². The maximum atomic E-state index is 11.9. The van der Waals surface area contributed by atoms with E-state index in [-0.39, 0.29) is 16.9 Å². The Morgan fingerprint density at radius 2 is 1.83 bits per heavy atom. The SMILES string of the molecule is C[C@@H](C/C=C/C(=O)CCc1ccccc1)O[Si](C)(C)C(C)(C)C. The minimum absolute atomic E-state index is 0.161. The summed E-state index contributed by atoms with van der Waals surface area (Å²) < 4.78 is 6.29. The normalized spacial score (nSPS) is 14.2. The van der Waals surface area contributed by atoms with E-state index in [9.17, 15) is 4.79 Å². The van der Waals surface area contributed by atoms with Crippen LogP contribution in [-0.2, 0) is 15.6 Å². The lowest BCUT2D eigenvalue weighted by Crippen LogP contribution is -2.43. The fourth-order valence-electron chi connectivity index (χ4n) is 2.11. The summed E-state index contributed by atoms with van der Waals surface area (Å²) in [5.41, 5.74) is 1.21. The minimum atomic E-state index is -1.72. The Morgan fingerprint density at radius 3 is 2.39 bits per heavy atom. The predicted molar refractivity (Wildman–Crippen MR) is 101 cm³/mol. The smallest absolute Gasteiger partial charge is 0.192 e. The van der Waals surface area contributed by atoms with Crippen molar-refractivity contribution in [2.24, 2.45) is 0 Å². The quantitative estimate of drug-likeness (QED) is 0.461. The second-order valence-corrected chi connectivity index (χ2v) is 12.5. The lowest BCUT2D eigenvalue weighted by atomic mass is 10.1. The van der Waals surface area contributed by atoms with E-state index in [0.717, 1.165) is 12.8 Å². The third-order valence-electron chi connectivity index (χ3n) is 4.58. The average Bonchev–Trinajstić information content (AvgIpc) is 2.44. The van der Waals surface area contributed by atoms with Crippen molar-refractivity contribution >= 4 is 14.1 Å². The zero-order chi connectivity index (χ0) is 17.5. The van der Waals surface area contributed by atoms with E-state index in [1.807, 2.05) is 24.3 Å². The van der Waals surface area contributed by atoms with Crippen LogP contribution >= 0.6 is 0 Å². The third-order valence-corrected chi connectivity index (χ3v) is 9.18. The number of ketones is 1. The van der Waals surface area contributed by atoms with Gasteiger partial charge in [-0.15, -0.1) is 0 Å².